The Labute approximate surface area is 132 Å². The van der Waals surface area contributed by atoms with Crippen LogP contribution in [0.2, 0.25) is 5.02 Å². The molecule has 0 saturated carbocycles. The van der Waals surface area contributed by atoms with Crippen molar-refractivity contribution in [2.45, 2.75) is 4.90 Å². The molecule has 0 amide bonds. The summed E-state index contributed by atoms with van der Waals surface area (Å²) in [7, 11) is -3.85. The Bertz CT molecular complexity index is 894. The minimum Gasteiger partial charge on any atom is -0.267 e. The lowest BCUT2D eigenvalue weighted by Gasteiger charge is -2.10. The van der Waals surface area contributed by atoms with Gasteiger partial charge in [-0.3, -0.25) is 4.57 Å². The van der Waals surface area contributed by atoms with Crippen molar-refractivity contribution in [2.24, 2.45) is 0 Å². The maximum atomic E-state index is 12.4. The first-order chi connectivity index (χ1) is 10.6. The van der Waals surface area contributed by atoms with Crippen LogP contribution in [0.4, 0.5) is 5.95 Å². The first-order valence-electron chi connectivity index (χ1n) is 6.31. The summed E-state index contributed by atoms with van der Waals surface area (Å²) in [5.74, 6) is 0.0890. The standard InChI is InChI=1S/C14H11ClN4O2S/c15-12-8-4-5-9-13(12)22(20,21)18-14-17-16-10-19(14)11-6-2-1-3-7-11/h1-10H,(H,17,18). The summed E-state index contributed by atoms with van der Waals surface area (Å²) >= 11 is 5.94. The third-order valence-corrected chi connectivity index (χ3v) is 4.76. The van der Waals surface area contributed by atoms with Crippen molar-refractivity contribution in [3.05, 3.63) is 65.9 Å². The summed E-state index contributed by atoms with van der Waals surface area (Å²) in [6, 6.07) is 15.4. The number of nitrogens with zero attached hydrogens (tertiary/aromatic N) is 3. The van der Waals surface area contributed by atoms with Gasteiger partial charge in [-0.1, -0.05) is 41.9 Å². The fraction of sp³-hybridized carbons (Fsp3) is 0. The maximum Gasteiger partial charge on any atom is 0.265 e. The second-order valence-electron chi connectivity index (χ2n) is 4.40. The molecule has 0 aliphatic carbocycles. The van der Waals surface area contributed by atoms with Crippen LogP contribution in [0.5, 0.6) is 0 Å². The predicted octanol–water partition coefficient (Wildman–Crippen LogP) is 2.72. The zero-order chi connectivity index (χ0) is 15.6. The molecule has 0 saturated heterocycles. The molecule has 0 radical (unpaired) electrons. The molecule has 0 spiro atoms. The van der Waals surface area contributed by atoms with E-state index in [4.69, 9.17) is 11.6 Å². The minimum absolute atomic E-state index is 0.0146. The van der Waals surface area contributed by atoms with Crippen molar-refractivity contribution >= 4 is 27.6 Å². The van der Waals surface area contributed by atoms with Gasteiger partial charge in [0, 0.05) is 0 Å². The van der Waals surface area contributed by atoms with Crippen LogP contribution >= 0.6 is 11.6 Å². The van der Waals surface area contributed by atoms with Crippen molar-refractivity contribution < 1.29 is 8.42 Å². The number of sulfonamides is 1. The van der Waals surface area contributed by atoms with Gasteiger partial charge in [-0.15, -0.1) is 10.2 Å². The highest BCUT2D eigenvalue weighted by atomic mass is 35.5. The lowest BCUT2D eigenvalue weighted by molar-refractivity contribution is 0.600. The fourth-order valence-corrected chi connectivity index (χ4v) is 3.43. The normalized spacial score (nSPS) is 11.3. The number of para-hydroxylation sites is 1. The zero-order valence-corrected chi connectivity index (χ0v) is 12.8. The van der Waals surface area contributed by atoms with Gasteiger partial charge in [0.15, 0.2) is 0 Å². The molecule has 0 aliphatic rings. The van der Waals surface area contributed by atoms with Crippen LogP contribution in [-0.4, -0.2) is 23.2 Å². The van der Waals surface area contributed by atoms with Gasteiger partial charge >= 0.3 is 0 Å². The van der Waals surface area contributed by atoms with Crippen molar-refractivity contribution in [1.82, 2.24) is 14.8 Å². The number of anilines is 1. The van der Waals surface area contributed by atoms with Crippen LogP contribution in [-0.2, 0) is 10.0 Å². The first-order valence-corrected chi connectivity index (χ1v) is 8.17. The largest absolute Gasteiger partial charge is 0.267 e. The molecule has 112 valence electrons. The molecular weight excluding hydrogens is 324 g/mol. The third kappa shape index (κ3) is 2.81. The van der Waals surface area contributed by atoms with Gasteiger partial charge in [0.25, 0.3) is 10.0 Å². The molecule has 1 aromatic heterocycles. The van der Waals surface area contributed by atoms with Crippen LogP contribution in [0.1, 0.15) is 0 Å². The highest BCUT2D eigenvalue weighted by molar-refractivity contribution is 7.92. The monoisotopic (exact) mass is 334 g/mol. The quantitative estimate of drug-likeness (QED) is 0.795. The topological polar surface area (TPSA) is 76.9 Å². The molecule has 1 N–H and O–H groups in total. The highest BCUT2D eigenvalue weighted by Gasteiger charge is 2.20. The van der Waals surface area contributed by atoms with Crippen LogP contribution in [0.3, 0.4) is 0 Å². The average molecular weight is 335 g/mol. The number of nitrogens with one attached hydrogen (secondary N) is 1. The number of hydrogen-bond acceptors (Lipinski definition) is 4. The van der Waals surface area contributed by atoms with Crippen molar-refractivity contribution in [1.29, 1.82) is 0 Å². The molecule has 8 heteroatoms. The average Bonchev–Trinajstić information content (AvgIpc) is 2.96. The van der Waals surface area contributed by atoms with Gasteiger partial charge < -0.3 is 0 Å². The van der Waals surface area contributed by atoms with E-state index >= 15 is 0 Å². The Morgan fingerprint density at radius 1 is 1.00 bits per heavy atom. The molecule has 0 bridgehead atoms. The summed E-state index contributed by atoms with van der Waals surface area (Å²) in [5, 5.41) is 7.70. The molecule has 3 rings (SSSR count). The van der Waals surface area contributed by atoms with Crippen molar-refractivity contribution in [2.75, 3.05) is 4.72 Å². The number of aromatic nitrogens is 3. The summed E-state index contributed by atoms with van der Waals surface area (Å²) < 4.78 is 28.8. The maximum absolute atomic E-state index is 12.4. The number of rotatable bonds is 4. The smallest absolute Gasteiger partial charge is 0.265 e. The van der Waals surface area contributed by atoms with E-state index in [1.807, 2.05) is 30.3 Å². The SMILES string of the molecule is O=S(=O)(Nc1nncn1-c1ccccc1)c1ccccc1Cl. The molecule has 0 atom stereocenters. The van der Waals surface area contributed by atoms with E-state index in [0.717, 1.165) is 5.69 Å². The Balaban J connectivity index is 1.98. The Hall–Kier alpha value is -2.38. The lowest BCUT2D eigenvalue weighted by atomic mass is 10.3. The second kappa shape index (κ2) is 5.78. The van der Waals surface area contributed by atoms with Crippen LogP contribution < -0.4 is 4.72 Å². The van der Waals surface area contributed by atoms with Gasteiger partial charge in [0.1, 0.15) is 11.2 Å². The summed E-state index contributed by atoms with van der Waals surface area (Å²) in [6.07, 6.45) is 1.43. The van der Waals surface area contributed by atoms with Crippen molar-refractivity contribution in [3.63, 3.8) is 0 Å². The fourth-order valence-electron chi connectivity index (χ4n) is 1.92. The molecule has 1 heterocycles. The second-order valence-corrected chi connectivity index (χ2v) is 6.45. The van der Waals surface area contributed by atoms with E-state index in [0.29, 0.717) is 0 Å². The molecule has 0 unspecified atom stereocenters. The number of hydrogen-bond donors (Lipinski definition) is 1. The zero-order valence-electron chi connectivity index (χ0n) is 11.2. The Kier molecular flexibility index (Phi) is 3.82. The molecular formula is C14H11ClN4O2S. The third-order valence-electron chi connectivity index (χ3n) is 2.93. The lowest BCUT2D eigenvalue weighted by Crippen LogP contribution is -2.16. The molecule has 6 nitrogen and oxygen atoms in total. The van der Waals surface area contributed by atoms with E-state index in [1.165, 1.54) is 23.0 Å². The summed E-state index contributed by atoms with van der Waals surface area (Å²) in [6.45, 7) is 0. The molecule has 0 aliphatic heterocycles. The van der Waals surface area contributed by atoms with E-state index in [9.17, 15) is 8.42 Å². The first kappa shape index (κ1) is 14.6. The van der Waals surface area contributed by atoms with Gasteiger partial charge in [-0.05, 0) is 24.3 Å². The van der Waals surface area contributed by atoms with Gasteiger partial charge in [0.05, 0.1) is 10.7 Å². The summed E-state index contributed by atoms with van der Waals surface area (Å²) in [5.41, 5.74) is 0.740. The van der Waals surface area contributed by atoms with E-state index in [2.05, 4.69) is 14.9 Å². The van der Waals surface area contributed by atoms with Crippen LogP contribution in [0.15, 0.2) is 65.8 Å². The molecule has 0 fully saturated rings. The minimum atomic E-state index is -3.85. The summed E-state index contributed by atoms with van der Waals surface area (Å²) in [4.78, 5) is -0.0146. The van der Waals surface area contributed by atoms with E-state index in [1.54, 1.807) is 12.1 Å². The molecule has 2 aromatic carbocycles. The molecule has 3 aromatic rings. The molecule has 22 heavy (non-hydrogen) atoms. The Morgan fingerprint density at radius 2 is 1.68 bits per heavy atom. The highest BCUT2D eigenvalue weighted by Crippen LogP contribution is 2.23. The number of halogens is 1. The van der Waals surface area contributed by atoms with Gasteiger partial charge in [-0.2, -0.15) is 0 Å². The van der Waals surface area contributed by atoms with Crippen LogP contribution in [0, 0.1) is 0 Å². The number of benzene rings is 2. The van der Waals surface area contributed by atoms with Gasteiger partial charge in [0.2, 0.25) is 5.95 Å². The van der Waals surface area contributed by atoms with Crippen LogP contribution in [0.25, 0.3) is 5.69 Å². The van der Waals surface area contributed by atoms with E-state index < -0.39 is 10.0 Å². The van der Waals surface area contributed by atoms with Gasteiger partial charge in [-0.25, -0.2) is 13.1 Å². The van der Waals surface area contributed by atoms with Crippen molar-refractivity contribution in [3.8, 4) is 5.69 Å². The predicted molar refractivity (Wildman–Crippen MR) is 83.6 cm³/mol. The van der Waals surface area contributed by atoms with E-state index in [-0.39, 0.29) is 15.9 Å². The Morgan fingerprint density at radius 3 is 2.41 bits per heavy atom.